The van der Waals surface area contributed by atoms with Gasteiger partial charge in [0.1, 0.15) is 0 Å². The van der Waals surface area contributed by atoms with Crippen LogP contribution in [0.25, 0.3) is 0 Å². The molecular weight excluding hydrogens is 211 g/mol. The van der Waals surface area contributed by atoms with Crippen LogP contribution in [-0.4, -0.2) is 11.7 Å². The van der Waals surface area contributed by atoms with Gasteiger partial charge >= 0.3 is 0 Å². The van der Waals surface area contributed by atoms with Crippen molar-refractivity contribution in [2.45, 2.75) is 6.04 Å². The molecule has 0 unspecified atom stereocenters. The topological polar surface area (TPSA) is 72.3 Å². The van der Waals surface area contributed by atoms with Gasteiger partial charge in [-0.1, -0.05) is 29.3 Å². The van der Waals surface area contributed by atoms with Crippen molar-refractivity contribution in [1.82, 2.24) is 0 Å². The number of anilines is 1. The molecule has 0 aliphatic heterocycles. The van der Waals surface area contributed by atoms with Crippen molar-refractivity contribution in [2.24, 2.45) is 5.73 Å². The minimum absolute atomic E-state index is 0.181. The van der Waals surface area contributed by atoms with Crippen molar-refractivity contribution in [3.8, 4) is 0 Å². The van der Waals surface area contributed by atoms with Crippen LogP contribution in [0, 0.1) is 0 Å². The predicted molar refractivity (Wildman–Crippen MR) is 54.9 cm³/mol. The SMILES string of the molecule is Nc1ccc([C@@H](N)CO)c(Cl)c1Cl. The number of aliphatic hydroxyl groups is 1. The summed E-state index contributed by atoms with van der Waals surface area (Å²) in [6.45, 7) is -0.181. The molecule has 3 nitrogen and oxygen atoms in total. The van der Waals surface area contributed by atoms with Gasteiger partial charge in [-0.05, 0) is 11.6 Å². The molecule has 0 aliphatic carbocycles. The summed E-state index contributed by atoms with van der Waals surface area (Å²) in [6.07, 6.45) is 0. The maximum absolute atomic E-state index is 8.81. The quantitative estimate of drug-likeness (QED) is 0.663. The van der Waals surface area contributed by atoms with Crippen LogP contribution in [0.2, 0.25) is 10.0 Å². The van der Waals surface area contributed by atoms with Crippen LogP contribution >= 0.6 is 23.2 Å². The van der Waals surface area contributed by atoms with Crippen molar-refractivity contribution in [3.63, 3.8) is 0 Å². The fraction of sp³-hybridized carbons (Fsp3) is 0.250. The van der Waals surface area contributed by atoms with Crippen LogP contribution in [-0.2, 0) is 0 Å². The average molecular weight is 221 g/mol. The van der Waals surface area contributed by atoms with E-state index in [-0.39, 0.29) is 11.6 Å². The molecule has 0 saturated carbocycles. The van der Waals surface area contributed by atoms with Gasteiger partial charge in [0.25, 0.3) is 0 Å². The van der Waals surface area contributed by atoms with E-state index in [1.165, 1.54) is 0 Å². The lowest BCUT2D eigenvalue weighted by Crippen LogP contribution is -2.15. The first-order valence-electron chi connectivity index (χ1n) is 3.67. The molecule has 0 fully saturated rings. The van der Waals surface area contributed by atoms with E-state index >= 15 is 0 Å². The summed E-state index contributed by atoms with van der Waals surface area (Å²) < 4.78 is 0. The van der Waals surface area contributed by atoms with E-state index in [1.54, 1.807) is 12.1 Å². The first-order valence-corrected chi connectivity index (χ1v) is 4.43. The Kier molecular flexibility index (Phi) is 3.39. The standard InChI is InChI=1S/C8H10Cl2N2O/c9-7-4(6(12)3-13)1-2-5(11)8(7)10/h1-2,6,13H,3,11-12H2/t6-/m0/s1. The molecule has 72 valence electrons. The third kappa shape index (κ3) is 2.06. The molecule has 1 rings (SSSR count). The van der Waals surface area contributed by atoms with Crippen LogP contribution in [0.15, 0.2) is 12.1 Å². The van der Waals surface area contributed by atoms with E-state index in [0.29, 0.717) is 16.3 Å². The minimum atomic E-state index is -0.523. The molecule has 0 aromatic heterocycles. The molecular formula is C8H10Cl2N2O. The van der Waals surface area contributed by atoms with E-state index in [1.807, 2.05) is 0 Å². The molecule has 0 spiro atoms. The van der Waals surface area contributed by atoms with Gasteiger partial charge in [0, 0.05) is 0 Å². The third-order valence-electron chi connectivity index (χ3n) is 1.74. The zero-order valence-corrected chi connectivity index (χ0v) is 8.31. The largest absolute Gasteiger partial charge is 0.397 e. The maximum atomic E-state index is 8.81. The highest BCUT2D eigenvalue weighted by molar-refractivity contribution is 6.44. The van der Waals surface area contributed by atoms with Gasteiger partial charge in [-0.2, -0.15) is 0 Å². The maximum Gasteiger partial charge on any atom is 0.0824 e. The number of benzene rings is 1. The first kappa shape index (κ1) is 10.6. The molecule has 0 aliphatic rings. The van der Waals surface area contributed by atoms with Gasteiger partial charge < -0.3 is 16.6 Å². The lowest BCUT2D eigenvalue weighted by molar-refractivity contribution is 0.268. The van der Waals surface area contributed by atoms with Crippen molar-refractivity contribution < 1.29 is 5.11 Å². The third-order valence-corrected chi connectivity index (χ3v) is 2.65. The van der Waals surface area contributed by atoms with Crippen LogP contribution in [0.3, 0.4) is 0 Å². The summed E-state index contributed by atoms with van der Waals surface area (Å²) in [4.78, 5) is 0. The second-order valence-corrected chi connectivity index (χ2v) is 3.42. The summed E-state index contributed by atoms with van der Waals surface area (Å²) in [5, 5.41) is 9.40. The van der Waals surface area contributed by atoms with Gasteiger partial charge in [0.15, 0.2) is 0 Å². The first-order chi connectivity index (χ1) is 6.07. The molecule has 0 heterocycles. The molecule has 1 aromatic rings. The highest BCUT2D eigenvalue weighted by Crippen LogP contribution is 2.33. The second-order valence-electron chi connectivity index (χ2n) is 2.66. The average Bonchev–Trinajstić information content (AvgIpc) is 2.13. The highest BCUT2D eigenvalue weighted by Gasteiger charge is 2.13. The Morgan fingerprint density at radius 2 is 1.92 bits per heavy atom. The van der Waals surface area contributed by atoms with Crippen LogP contribution < -0.4 is 11.5 Å². The Morgan fingerprint density at radius 1 is 1.31 bits per heavy atom. The Labute approximate surface area is 86.2 Å². The number of nitrogen functional groups attached to an aromatic ring is 1. The number of rotatable bonds is 2. The van der Waals surface area contributed by atoms with Crippen molar-refractivity contribution >= 4 is 28.9 Å². The van der Waals surface area contributed by atoms with Gasteiger partial charge in [-0.25, -0.2) is 0 Å². The lowest BCUT2D eigenvalue weighted by atomic mass is 10.1. The summed E-state index contributed by atoms with van der Waals surface area (Å²) in [7, 11) is 0. The molecule has 13 heavy (non-hydrogen) atoms. The molecule has 0 radical (unpaired) electrons. The summed E-state index contributed by atoms with van der Waals surface area (Å²) in [6, 6.07) is 2.74. The monoisotopic (exact) mass is 220 g/mol. The molecule has 5 N–H and O–H groups in total. The van der Waals surface area contributed by atoms with Gasteiger partial charge in [-0.3, -0.25) is 0 Å². The molecule has 5 heteroatoms. The van der Waals surface area contributed by atoms with Gasteiger partial charge in [-0.15, -0.1) is 0 Å². The Morgan fingerprint density at radius 3 is 2.46 bits per heavy atom. The summed E-state index contributed by atoms with van der Waals surface area (Å²) in [5.74, 6) is 0. The lowest BCUT2D eigenvalue weighted by Gasteiger charge is -2.12. The van der Waals surface area contributed by atoms with Crippen LogP contribution in [0.1, 0.15) is 11.6 Å². The Balaban J connectivity index is 3.18. The number of nitrogens with two attached hydrogens (primary N) is 2. The molecule has 1 atom stereocenters. The van der Waals surface area contributed by atoms with Crippen molar-refractivity contribution in [1.29, 1.82) is 0 Å². The highest BCUT2D eigenvalue weighted by atomic mass is 35.5. The number of hydrogen-bond donors (Lipinski definition) is 3. The molecule has 0 amide bonds. The van der Waals surface area contributed by atoms with Gasteiger partial charge in [0.2, 0.25) is 0 Å². The predicted octanol–water partition coefficient (Wildman–Crippen LogP) is 1.57. The fourth-order valence-electron chi connectivity index (χ4n) is 0.964. The van der Waals surface area contributed by atoms with Crippen LogP contribution in [0.4, 0.5) is 5.69 Å². The Bertz CT molecular complexity index is 317. The molecule has 0 saturated heterocycles. The number of halogens is 2. The molecule has 0 bridgehead atoms. The van der Waals surface area contributed by atoms with E-state index in [9.17, 15) is 0 Å². The zero-order chi connectivity index (χ0) is 10.0. The minimum Gasteiger partial charge on any atom is -0.397 e. The van der Waals surface area contributed by atoms with Gasteiger partial charge in [0.05, 0.1) is 28.4 Å². The number of aliphatic hydroxyl groups excluding tert-OH is 1. The Hall–Kier alpha value is -0.480. The zero-order valence-electron chi connectivity index (χ0n) is 6.80. The van der Waals surface area contributed by atoms with Crippen molar-refractivity contribution in [3.05, 3.63) is 27.7 Å². The smallest absolute Gasteiger partial charge is 0.0824 e. The van der Waals surface area contributed by atoms with Crippen LogP contribution in [0.5, 0.6) is 0 Å². The van der Waals surface area contributed by atoms with E-state index in [2.05, 4.69) is 0 Å². The van der Waals surface area contributed by atoms with E-state index < -0.39 is 6.04 Å². The summed E-state index contributed by atoms with van der Waals surface area (Å²) >= 11 is 11.7. The molecule has 1 aromatic carbocycles. The normalized spacial score (nSPS) is 12.9. The van der Waals surface area contributed by atoms with Crippen molar-refractivity contribution in [2.75, 3.05) is 12.3 Å². The van der Waals surface area contributed by atoms with E-state index in [4.69, 9.17) is 39.8 Å². The van der Waals surface area contributed by atoms with E-state index in [0.717, 1.165) is 0 Å². The number of hydrogen-bond acceptors (Lipinski definition) is 3. The second kappa shape index (κ2) is 4.15. The summed E-state index contributed by atoms with van der Waals surface area (Å²) in [5.41, 5.74) is 12.1. The fourth-order valence-corrected chi connectivity index (χ4v) is 1.45.